The molecule has 0 amide bonds. The summed E-state index contributed by atoms with van der Waals surface area (Å²) in [5, 5.41) is 8.72. The number of allylic oxidation sites excluding steroid dienone is 1. The smallest absolute Gasteiger partial charge is 0.337 e. The lowest BCUT2D eigenvalue weighted by Crippen LogP contribution is -2.00. The Hall–Kier alpha value is -1.64. The van der Waals surface area contributed by atoms with Gasteiger partial charge in [0.1, 0.15) is 0 Å². The number of pyridine rings is 1. The van der Waals surface area contributed by atoms with Crippen molar-refractivity contribution >= 4 is 12.0 Å². The topological polar surface area (TPSA) is 50.2 Å². The number of carbonyl (C=O) groups is 1. The van der Waals surface area contributed by atoms with Gasteiger partial charge in [-0.1, -0.05) is 6.08 Å². The Morgan fingerprint density at radius 3 is 3.00 bits per heavy atom. The monoisotopic (exact) mass is 163 g/mol. The van der Waals surface area contributed by atoms with Crippen LogP contribution in [0.4, 0.5) is 0 Å². The molecule has 1 aromatic rings. The highest BCUT2D eigenvalue weighted by Crippen LogP contribution is 2.06. The van der Waals surface area contributed by atoms with Crippen molar-refractivity contribution < 1.29 is 9.90 Å². The molecule has 0 aliphatic heterocycles. The SMILES string of the molecule is C/C=C\c1ncccc1C(=O)O. The first kappa shape index (κ1) is 8.46. The van der Waals surface area contributed by atoms with Gasteiger partial charge in [0.25, 0.3) is 0 Å². The Morgan fingerprint density at radius 2 is 2.42 bits per heavy atom. The zero-order valence-corrected chi connectivity index (χ0v) is 6.69. The van der Waals surface area contributed by atoms with Gasteiger partial charge in [-0.25, -0.2) is 4.79 Å². The molecule has 1 heterocycles. The number of carboxylic acids is 1. The molecule has 0 saturated carbocycles. The fourth-order valence-electron chi connectivity index (χ4n) is 0.889. The van der Waals surface area contributed by atoms with E-state index in [-0.39, 0.29) is 5.56 Å². The molecule has 3 heteroatoms. The van der Waals surface area contributed by atoms with E-state index < -0.39 is 5.97 Å². The van der Waals surface area contributed by atoms with Gasteiger partial charge in [-0.2, -0.15) is 0 Å². The van der Waals surface area contributed by atoms with Crippen molar-refractivity contribution in [2.24, 2.45) is 0 Å². The van der Waals surface area contributed by atoms with Crippen LogP contribution in [0.15, 0.2) is 24.4 Å². The Morgan fingerprint density at radius 1 is 1.67 bits per heavy atom. The van der Waals surface area contributed by atoms with Crippen LogP contribution >= 0.6 is 0 Å². The van der Waals surface area contributed by atoms with Crippen molar-refractivity contribution in [2.45, 2.75) is 6.92 Å². The molecule has 1 N–H and O–H groups in total. The summed E-state index contributed by atoms with van der Waals surface area (Å²) in [6, 6.07) is 3.14. The van der Waals surface area contributed by atoms with E-state index in [0.29, 0.717) is 5.69 Å². The average Bonchev–Trinajstić information content (AvgIpc) is 2.05. The molecule has 12 heavy (non-hydrogen) atoms. The van der Waals surface area contributed by atoms with E-state index in [2.05, 4.69) is 4.98 Å². The first-order valence-corrected chi connectivity index (χ1v) is 3.56. The molecule has 0 fully saturated rings. The number of aromatic carboxylic acids is 1. The molecular weight excluding hydrogens is 154 g/mol. The molecule has 0 saturated heterocycles. The maximum absolute atomic E-state index is 10.6. The van der Waals surface area contributed by atoms with Gasteiger partial charge in [0.15, 0.2) is 0 Å². The first-order chi connectivity index (χ1) is 5.75. The second kappa shape index (κ2) is 3.67. The molecule has 0 aliphatic rings. The Labute approximate surface area is 70.4 Å². The van der Waals surface area contributed by atoms with Gasteiger partial charge in [-0.05, 0) is 25.1 Å². The van der Waals surface area contributed by atoms with Gasteiger partial charge in [0, 0.05) is 6.20 Å². The van der Waals surface area contributed by atoms with E-state index in [1.54, 1.807) is 24.4 Å². The second-order valence-electron chi connectivity index (χ2n) is 2.24. The Balaban J connectivity index is 3.17. The lowest BCUT2D eigenvalue weighted by molar-refractivity contribution is 0.0696. The van der Waals surface area contributed by atoms with Crippen LogP contribution in [0, 0.1) is 0 Å². The van der Waals surface area contributed by atoms with E-state index in [0.717, 1.165) is 0 Å². The predicted molar refractivity (Wildman–Crippen MR) is 45.9 cm³/mol. The fourth-order valence-corrected chi connectivity index (χ4v) is 0.889. The van der Waals surface area contributed by atoms with Gasteiger partial charge in [-0.3, -0.25) is 4.98 Å². The third-order valence-electron chi connectivity index (χ3n) is 1.39. The molecule has 1 rings (SSSR count). The van der Waals surface area contributed by atoms with Crippen molar-refractivity contribution in [1.82, 2.24) is 4.98 Å². The zero-order valence-electron chi connectivity index (χ0n) is 6.69. The minimum atomic E-state index is -0.948. The van der Waals surface area contributed by atoms with Gasteiger partial charge < -0.3 is 5.11 Å². The van der Waals surface area contributed by atoms with Crippen molar-refractivity contribution in [3.05, 3.63) is 35.7 Å². The molecule has 0 atom stereocenters. The summed E-state index contributed by atoms with van der Waals surface area (Å²) in [5.74, 6) is -0.948. The molecule has 0 unspecified atom stereocenters. The van der Waals surface area contributed by atoms with E-state index >= 15 is 0 Å². The van der Waals surface area contributed by atoms with Crippen LogP contribution in [-0.4, -0.2) is 16.1 Å². The number of carboxylic acid groups (broad SMARTS) is 1. The van der Waals surface area contributed by atoms with Crippen LogP contribution in [0.25, 0.3) is 6.08 Å². The van der Waals surface area contributed by atoms with Gasteiger partial charge in [0.2, 0.25) is 0 Å². The van der Waals surface area contributed by atoms with E-state index in [4.69, 9.17) is 5.11 Å². The summed E-state index contributed by atoms with van der Waals surface area (Å²) in [6.45, 7) is 1.82. The number of aromatic nitrogens is 1. The summed E-state index contributed by atoms with van der Waals surface area (Å²) >= 11 is 0. The highest BCUT2D eigenvalue weighted by Gasteiger charge is 2.06. The minimum Gasteiger partial charge on any atom is -0.478 e. The number of rotatable bonds is 2. The van der Waals surface area contributed by atoms with E-state index in [9.17, 15) is 4.79 Å². The normalized spacial score (nSPS) is 10.4. The average molecular weight is 163 g/mol. The molecular formula is C9H9NO2. The van der Waals surface area contributed by atoms with Gasteiger partial charge >= 0.3 is 5.97 Å². The molecule has 62 valence electrons. The quantitative estimate of drug-likeness (QED) is 0.723. The number of hydrogen-bond acceptors (Lipinski definition) is 2. The molecule has 3 nitrogen and oxygen atoms in total. The van der Waals surface area contributed by atoms with Gasteiger partial charge in [0.05, 0.1) is 11.3 Å². The van der Waals surface area contributed by atoms with Crippen molar-refractivity contribution in [1.29, 1.82) is 0 Å². The van der Waals surface area contributed by atoms with Crippen LogP contribution < -0.4 is 0 Å². The minimum absolute atomic E-state index is 0.232. The van der Waals surface area contributed by atoms with Crippen molar-refractivity contribution in [2.75, 3.05) is 0 Å². The van der Waals surface area contributed by atoms with E-state index in [1.165, 1.54) is 6.07 Å². The van der Waals surface area contributed by atoms with E-state index in [1.807, 2.05) is 6.92 Å². The molecule has 0 bridgehead atoms. The predicted octanol–water partition coefficient (Wildman–Crippen LogP) is 1.81. The molecule has 0 spiro atoms. The molecule has 0 radical (unpaired) electrons. The highest BCUT2D eigenvalue weighted by atomic mass is 16.4. The zero-order chi connectivity index (χ0) is 8.97. The van der Waals surface area contributed by atoms with Crippen LogP contribution in [0.1, 0.15) is 23.0 Å². The maximum atomic E-state index is 10.6. The summed E-state index contributed by atoms with van der Waals surface area (Å²) < 4.78 is 0. The lowest BCUT2D eigenvalue weighted by atomic mass is 10.2. The number of hydrogen-bond donors (Lipinski definition) is 1. The van der Waals surface area contributed by atoms with Crippen molar-refractivity contribution in [3.8, 4) is 0 Å². The highest BCUT2D eigenvalue weighted by molar-refractivity contribution is 5.91. The largest absolute Gasteiger partial charge is 0.478 e. The summed E-state index contributed by atoms with van der Waals surface area (Å²) in [7, 11) is 0. The number of nitrogens with zero attached hydrogens (tertiary/aromatic N) is 1. The Kier molecular flexibility index (Phi) is 2.58. The standard InChI is InChI=1S/C9H9NO2/c1-2-4-8-7(9(11)12)5-3-6-10-8/h2-6H,1H3,(H,11,12)/b4-2-. The summed E-state index contributed by atoms with van der Waals surface area (Å²) in [6.07, 6.45) is 5.00. The molecule has 0 aliphatic carbocycles. The third-order valence-corrected chi connectivity index (χ3v) is 1.39. The van der Waals surface area contributed by atoms with Gasteiger partial charge in [-0.15, -0.1) is 0 Å². The maximum Gasteiger partial charge on any atom is 0.337 e. The lowest BCUT2D eigenvalue weighted by Gasteiger charge is -1.97. The van der Waals surface area contributed by atoms with Crippen LogP contribution in [0.2, 0.25) is 0 Å². The van der Waals surface area contributed by atoms with Crippen molar-refractivity contribution in [3.63, 3.8) is 0 Å². The summed E-state index contributed by atoms with van der Waals surface area (Å²) in [4.78, 5) is 14.5. The van der Waals surface area contributed by atoms with Crippen LogP contribution in [0.3, 0.4) is 0 Å². The third kappa shape index (κ3) is 1.69. The Bertz CT molecular complexity index is 318. The molecule has 0 aromatic carbocycles. The second-order valence-corrected chi connectivity index (χ2v) is 2.24. The molecule has 1 aromatic heterocycles. The summed E-state index contributed by atoms with van der Waals surface area (Å²) in [5.41, 5.74) is 0.725. The fraction of sp³-hybridized carbons (Fsp3) is 0.111. The van der Waals surface area contributed by atoms with Crippen LogP contribution in [0.5, 0.6) is 0 Å². The first-order valence-electron chi connectivity index (χ1n) is 3.56. The van der Waals surface area contributed by atoms with Crippen LogP contribution in [-0.2, 0) is 0 Å².